The molecule has 0 atom stereocenters. The molecular weight excluding hydrogens is 457 g/mol. The Morgan fingerprint density at radius 3 is 2.52 bits per heavy atom. The van der Waals surface area contributed by atoms with Crippen LogP contribution >= 0.6 is 15.9 Å². The molecule has 1 aliphatic rings. The number of Topliss-reactive ketones (excluding diaryl/α,β-unsaturated/α-hetero) is 1. The molecule has 0 aliphatic carbocycles. The normalized spacial score (nSPS) is 16.0. The molecule has 0 spiro atoms. The Morgan fingerprint density at radius 1 is 1.00 bits per heavy atom. The molecule has 1 saturated heterocycles. The smallest absolute Gasteiger partial charge is 0.161 e. The largest absolute Gasteiger partial charge is 0.346 e. The maximum Gasteiger partial charge on any atom is 0.161 e. The maximum absolute atomic E-state index is 13.1. The zero-order valence-electron chi connectivity index (χ0n) is 18.0. The minimum Gasteiger partial charge on any atom is -0.346 e. The van der Waals surface area contributed by atoms with Crippen LogP contribution in [-0.2, 0) is 13.1 Å². The lowest BCUT2D eigenvalue weighted by molar-refractivity contribution is 0.101. The van der Waals surface area contributed by atoms with Crippen LogP contribution in [0.25, 0.3) is 10.9 Å². The molecule has 0 N–H and O–H groups in total. The SMILES string of the molecule is CC(=O)c1cn(CCCN2CCCN(Cc3ccc(F)cc3)CC2)c2c(Br)cccc12. The van der Waals surface area contributed by atoms with Gasteiger partial charge in [-0.15, -0.1) is 0 Å². The van der Waals surface area contributed by atoms with Crippen molar-refractivity contribution in [1.29, 1.82) is 0 Å². The van der Waals surface area contributed by atoms with E-state index in [4.69, 9.17) is 0 Å². The van der Waals surface area contributed by atoms with E-state index < -0.39 is 0 Å². The summed E-state index contributed by atoms with van der Waals surface area (Å²) in [5, 5.41) is 1.02. The molecule has 0 unspecified atom stereocenters. The Labute approximate surface area is 191 Å². The summed E-state index contributed by atoms with van der Waals surface area (Å²) in [5.41, 5.74) is 3.07. The van der Waals surface area contributed by atoms with E-state index in [1.54, 1.807) is 19.1 Å². The lowest BCUT2D eigenvalue weighted by atomic mass is 10.1. The molecule has 0 saturated carbocycles. The van der Waals surface area contributed by atoms with E-state index in [9.17, 15) is 9.18 Å². The average molecular weight is 486 g/mol. The van der Waals surface area contributed by atoms with Gasteiger partial charge in [0, 0.05) is 47.8 Å². The number of carbonyl (C=O) groups excluding carboxylic acids is 1. The molecule has 31 heavy (non-hydrogen) atoms. The van der Waals surface area contributed by atoms with Gasteiger partial charge in [-0.1, -0.05) is 24.3 Å². The third-order valence-electron chi connectivity index (χ3n) is 6.10. The highest BCUT2D eigenvalue weighted by Crippen LogP contribution is 2.29. The van der Waals surface area contributed by atoms with Gasteiger partial charge >= 0.3 is 0 Å². The number of hydrogen-bond donors (Lipinski definition) is 0. The van der Waals surface area contributed by atoms with Gasteiger partial charge in [0.15, 0.2) is 5.78 Å². The van der Waals surface area contributed by atoms with Crippen molar-refractivity contribution < 1.29 is 9.18 Å². The predicted molar refractivity (Wildman–Crippen MR) is 127 cm³/mol. The minimum absolute atomic E-state index is 0.107. The van der Waals surface area contributed by atoms with E-state index in [0.29, 0.717) is 0 Å². The number of aromatic nitrogens is 1. The second-order valence-corrected chi connectivity index (χ2v) is 9.23. The van der Waals surface area contributed by atoms with E-state index in [1.165, 1.54) is 5.56 Å². The van der Waals surface area contributed by atoms with Gasteiger partial charge in [0.05, 0.1) is 5.52 Å². The van der Waals surface area contributed by atoms with E-state index in [2.05, 4.69) is 30.3 Å². The monoisotopic (exact) mass is 485 g/mol. The molecule has 2 heterocycles. The van der Waals surface area contributed by atoms with Gasteiger partial charge in [0.1, 0.15) is 5.82 Å². The van der Waals surface area contributed by atoms with Crippen molar-refractivity contribution in [3.8, 4) is 0 Å². The van der Waals surface area contributed by atoms with Crippen LogP contribution < -0.4 is 0 Å². The third-order valence-corrected chi connectivity index (χ3v) is 6.74. The molecule has 1 aliphatic heterocycles. The van der Waals surface area contributed by atoms with E-state index >= 15 is 0 Å². The number of aryl methyl sites for hydroxylation is 1. The lowest BCUT2D eigenvalue weighted by Gasteiger charge is -2.22. The number of ketones is 1. The first-order chi connectivity index (χ1) is 15.0. The van der Waals surface area contributed by atoms with Crippen LogP contribution in [0.4, 0.5) is 4.39 Å². The number of hydrogen-bond acceptors (Lipinski definition) is 3. The molecule has 6 heteroatoms. The number of halogens is 2. The summed E-state index contributed by atoms with van der Waals surface area (Å²) in [7, 11) is 0. The van der Waals surface area contributed by atoms with Gasteiger partial charge in [-0.2, -0.15) is 0 Å². The van der Waals surface area contributed by atoms with Crippen molar-refractivity contribution in [2.45, 2.75) is 32.9 Å². The first-order valence-corrected chi connectivity index (χ1v) is 11.8. The highest BCUT2D eigenvalue weighted by atomic mass is 79.9. The molecule has 4 nitrogen and oxygen atoms in total. The molecule has 2 aromatic carbocycles. The van der Waals surface area contributed by atoms with Gasteiger partial charge in [0.2, 0.25) is 0 Å². The first kappa shape index (κ1) is 22.2. The molecule has 1 fully saturated rings. The number of nitrogens with zero attached hydrogens (tertiary/aromatic N) is 3. The summed E-state index contributed by atoms with van der Waals surface area (Å²) in [6.07, 6.45) is 4.19. The van der Waals surface area contributed by atoms with E-state index in [-0.39, 0.29) is 11.6 Å². The van der Waals surface area contributed by atoms with E-state index in [1.807, 2.05) is 36.5 Å². The lowest BCUT2D eigenvalue weighted by Crippen LogP contribution is -2.31. The van der Waals surface area contributed by atoms with Crippen molar-refractivity contribution in [2.24, 2.45) is 0 Å². The number of fused-ring (bicyclic) bond motifs is 1. The zero-order valence-corrected chi connectivity index (χ0v) is 19.6. The molecule has 3 aromatic rings. The molecule has 0 radical (unpaired) electrons. The third kappa shape index (κ3) is 5.43. The van der Waals surface area contributed by atoms with Crippen LogP contribution in [0.15, 0.2) is 53.1 Å². The van der Waals surface area contributed by atoms with Crippen LogP contribution in [0.2, 0.25) is 0 Å². The Morgan fingerprint density at radius 2 is 1.74 bits per heavy atom. The Hall–Kier alpha value is -2.02. The highest BCUT2D eigenvalue weighted by molar-refractivity contribution is 9.10. The quantitative estimate of drug-likeness (QED) is 0.422. The van der Waals surface area contributed by atoms with Crippen LogP contribution in [0, 0.1) is 5.82 Å². The fraction of sp³-hybridized carbons (Fsp3) is 0.400. The van der Waals surface area contributed by atoms with Gasteiger partial charge in [-0.25, -0.2) is 4.39 Å². The number of benzene rings is 2. The van der Waals surface area contributed by atoms with Crippen LogP contribution in [0.3, 0.4) is 0 Å². The van der Waals surface area contributed by atoms with Crippen molar-refractivity contribution in [2.75, 3.05) is 32.7 Å². The van der Waals surface area contributed by atoms with Crippen LogP contribution in [-0.4, -0.2) is 52.9 Å². The number of rotatable bonds is 7. The summed E-state index contributed by atoms with van der Waals surface area (Å²) in [6.45, 7) is 8.71. The second kappa shape index (κ2) is 10.1. The summed E-state index contributed by atoms with van der Waals surface area (Å²) >= 11 is 3.66. The summed E-state index contributed by atoms with van der Waals surface area (Å²) in [5.74, 6) is -0.0701. The summed E-state index contributed by atoms with van der Waals surface area (Å²) < 4.78 is 16.4. The van der Waals surface area contributed by atoms with Gasteiger partial charge in [0.25, 0.3) is 0 Å². The van der Waals surface area contributed by atoms with Crippen molar-refractivity contribution in [3.05, 3.63) is 70.1 Å². The first-order valence-electron chi connectivity index (χ1n) is 11.0. The zero-order chi connectivity index (χ0) is 21.8. The fourth-order valence-electron chi connectivity index (χ4n) is 4.49. The van der Waals surface area contributed by atoms with Gasteiger partial charge in [-0.3, -0.25) is 9.69 Å². The molecule has 1 aromatic heterocycles. The number of carbonyl (C=O) groups is 1. The summed E-state index contributed by atoms with van der Waals surface area (Å²) in [6, 6.07) is 12.9. The maximum atomic E-state index is 13.1. The fourth-order valence-corrected chi connectivity index (χ4v) is 5.08. The highest BCUT2D eigenvalue weighted by Gasteiger charge is 2.16. The van der Waals surface area contributed by atoms with E-state index in [0.717, 1.165) is 79.6 Å². The number of para-hydroxylation sites is 1. The van der Waals surface area contributed by atoms with Crippen molar-refractivity contribution in [1.82, 2.24) is 14.4 Å². The predicted octanol–water partition coefficient (Wildman–Crippen LogP) is 5.34. The Balaban J connectivity index is 1.32. The summed E-state index contributed by atoms with van der Waals surface area (Å²) in [4.78, 5) is 17.1. The molecular formula is C25H29BrFN3O. The molecule has 164 valence electrons. The van der Waals surface area contributed by atoms with Gasteiger partial charge in [-0.05, 0) is 79.1 Å². The molecule has 0 amide bonds. The van der Waals surface area contributed by atoms with Crippen LogP contribution in [0.1, 0.15) is 35.7 Å². The standard InChI is InChI=1S/C25H29BrFN3O/c1-19(31)23-18-30(25-22(23)5-2-6-24(25)26)14-4-12-28-11-3-13-29(16-15-28)17-20-7-9-21(27)10-8-20/h2,5-10,18H,3-4,11-17H2,1H3. The van der Waals surface area contributed by atoms with Crippen molar-refractivity contribution >= 4 is 32.6 Å². The minimum atomic E-state index is -0.177. The topological polar surface area (TPSA) is 28.5 Å². The Bertz CT molecular complexity index is 1050. The second-order valence-electron chi connectivity index (χ2n) is 8.38. The molecule has 4 rings (SSSR count). The van der Waals surface area contributed by atoms with Crippen LogP contribution in [0.5, 0.6) is 0 Å². The average Bonchev–Trinajstić information content (AvgIpc) is 2.99. The van der Waals surface area contributed by atoms with Gasteiger partial charge < -0.3 is 9.47 Å². The van der Waals surface area contributed by atoms with Crippen molar-refractivity contribution in [3.63, 3.8) is 0 Å². The Kier molecular flexibility index (Phi) is 7.20. The molecule has 0 bridgehead atoms.